The second kappa shape index (κ2) is 5.62. The van der Waals surface area contributed by atoms with Crippen LogP contribution in [0.2, 0.25) is 5.02 Å². The van der Waals surface area contributed by atoms with Crippen molar-refractivity contribution in [2.24, 2.45) is 5.73 Å². The van der Waals surface area contributed by atoms with Crippen molar-refractivity contribution >= 4 is 41.0 Å². The molecule has 0 bridgehead atoms. The summed E-state index contributed by atoms with van der Waals surface area (Å²) in [4.78, 5) is 22.2. The number of benzene rings is 1. The van der Waals surface area contributed by atoms with E-state index in [0.29, 0.717) is 15.6 Å². The molecule has 0 saturated carbocycles. The second-order valence-electron chi connectivity index (χ2n) is 2.89. The summed E-state index contributed by atoms with van der Waals surface area (Å²) < 4.78 is 0. The van der Waals surface area contributed by atoms with Gasteiger partial charge in [0.1, 0.15) is 0 Å². The van der Waals surface area contributed by atoms with Crippen LogP contribution in [-0.2, 0) is 4.79 Å². The normalized spacial score (nSPS) is 9.81. The van der Waals surface area contributed by atoms with E-state index in [-0.39, 0.29) is 5.75 Å². The van der Waals surface area contributed by atoms with Crippen molar-refractivity contribution < 1.29 is 9.59 Å². The molecule has 86 valence electrons. The number of carbonyl (C=O) groups excluding carboxylic acids is 2. The number of thioether (sulfide) groups is 1. The second-order valence-corrected chi connectivity index (χ2v) is 4.32. The number of nitrogens with one attached hydrogen (secondary N) is 1. The molecule has 16 heavy (non-hydrogen) atoms. The average molecular weight is 260 g/mol. The van der Waals surface area contributed by atoms with Gasteiger partial charge in [0.15, 0.2) is 0 Å². The molecule has 5 nitrogen and oxygen atoms in total. The van der Waals surface area contributed by atoms with Crippen molar-refractivity contribution in [1.29, 1.82) is 0 Å². The molecule has 0 aromatic heterocycles. The van der Waals surface area contributed by atoms with E-state index in [1.807, 2.05) is 5.32 Å². The highest BCUT2D eigenvalue weighted by Crippen LogP contribution is 2.28. The Morgan fingerprint density at radius 1 is 1.44 bits per heavy atom. The van der Waals surface area contributed by atoms with E-state index in [4.69, 9.17) is 23.1 Å². The van der Waals surface area contributed by atoms with Crippen molar-refractivity contribution in [3.05, 3.63) is 23.2 Å². The number of urea groups is 1. The first kappa shape index (κ1) is 12.7. The summed E-state index contributed by atoms with van der Waals surface area (Å²) in [6.07, 6.45) is 0. The fourth-order valence-corrected chi connectivity index (χ4v) is 2.01. The third-order valence-corrected chi connectivity index (χ3v) is 3.07. The highest BCUT2D eigenvalue weighted by molar-refractivity contribution is 8.00. The van der Waals surface area contributed by atoms with Gasteiger partial charge in [-0.2, -0.15) is 0 Å². The van der Waals surface area contributed by atoms with Crippen LogP contribution in [0.4, 0.5) is 10.5 Å². The van der Waals surface area contributed by atoms with E-state index in [1.54, 1.807) is 18.2 Å². The quantitative estimate of drug-likeness (QED) is 0.561. The molecule has 0 saturated heterocycles. The predicted octanol–water partition coefficient (Wildman–Crippen LogP) is 1.21. The minimum Gasteiger partial charge on any atom is -0.399 e. The van der Waals surface area contributed by atoms with Gasteiger partial charge in [-0.1, -0.05) is 11.6 Å². The molecule has 0 heterocycles. The Balaban J connectivity index is 2.57. The number of halogens is 1. The topological polar surface area (TPSA) is 98.2 Å². The van der Waals surface area contributed by atoms with Gasteiger partial charge in [-0.25, -0.2) is 4.79 Å². The molecular formula is C9H10ClN3O2S. The first-order valence-corrected chi connectivity index (χ1v) is 5.62. The molecule has 7 heteroatoms. The van der Waals surface area contributed by atoms with E-state index in [0.717, 1.165) is 0 Å². The Morgan fingerprint density at radius 2 is 2.12 bits per heavy atom. The fourth-order valence-electron chi connectivity index (χ4n) is 0.947. The highest BCUT2D eigenvalue weighted by Gasteiger charge is 2.07. The SMILES string of the molecule is NC(=O)NC(=O)CSc1cc(N)ccc1Cl. The maximum atomic E-state index is 11.1. The van der Waals surface area contributed by atoms with Crippen LogP contribution in [0.3, 0.4) is 0 Å². The maximum absolute atomic E-state index is 11.1. The van der Waals surface area contributed by atoms with Crippen molar-refractivity contribution in [1.82, 2.24) is 5.32 Å². The first-order valence-electron chi connectivity index (χ1n) is 4.26. The lowest BCUT2D eigenvalue weighted by atomic mass is 10.3. The molecule has 0 spiro atoms. The van der Waals surface area contributed by atoms with Gasteiger partial charge in [-0.3, -0.25) is 10.1 Å². The monoisotopic (exact) mass is 259 g/mol. The predicted molar refractivity (Wildman–Crippen MR) is 64.3 cm³/mol. The van der Waals surface area contributed by atoms with Crippen molar-refractivity contribution in [3.63, 3.8) is 0 Å². The molecule has 0 aliphatic heterocycles. The number of nitrogen functional groups attached to an aromatic ring is 1. The van der Waals surface area contributed by atoms with Gasteiger partial charge >= 0.3 is 6.03 Å². The number of hydrogen-bond acceptors (Lipinski definition) is 4. The number of imide groups is 1. The van der Waals surface area contributed by atoms with E-state index in [1.165, 1.54) is 11.8 Å². The molecule has 1 rings (SSSR count). The van der Waals surface area contributed by atoms with E-state index in [2.05, 4.69) is 0 Å². The molecule has 0 aliphatic carbocycles. The van der Waals surface area contributed by atoms with Crippen LogP contribution in [0, 0.1) is 0 Å². The first-order chi connectivity index (χ1) is 7.49. The van der Waals surface area contributed by atoms with Crippen molar-refractivity contribution in [3.8, 4) is 0 Å². The third kappa shape index (κ3) is 4.00. The van der Waals surface area contributed by atoms with Gasteiger partial charge in [0.05, 0.1) is 10.8 Å². The van der Waals surface area contributed by atoms with Gasteiger partial charge in [0.25, 0.3) is 0 Å². The van der Waals surface area contributed by atoms with Gasteiger partial charge in [0, 0.05) is 10.6 Å². The summed E-state index contributed by atoms with van der Waals surface area (Å²) in [5, 5.41) is 2.46. The minimum absolute atomic E-state index is 0.0477. The minimum atomic E-state index is -0.871. The van der Waals surface area contributed by atoms with Crippen LogP contribution in [0.5, 0.6) is 0 Å². The van der Waals surface area contributed by atoms with Crippen LogP contribution >= 0.6 is 23.4 Å². The maximum Gasteiger partial charge on any atom is 0.318 e. The zero-order chi connectivity index (χ0) is 12.1. The summed E-state index contributed by atoms with van der Waals surface area (Å²) >= 11 is 7.07. The summed E-state index contributed by atoms with van der Waals surface area (Å²) in [6, 6.07) is 4.09. The zero-order valence-electron chi connectivity index (χ0n) is 8.20. The summed E-state index contributed by atoms with van der Waals surface area (Å²) in [6.45, 7) is 0. The molecule has 1 aromatic carbocycles. The smallest absolute Gasteiger partial charge is 0.318 e. The number of nitrogens with two attached hydrogens (primary N) is 2. The van der Waals surface area contributed by atoms with Crippen LogP contribution in [0.25, 0.3) is 0 Å². The summed E-state index contributed by atoms with van der Waals surface area (Å²) in [5.74, 6) is -0.428. The molecule has 3 amide bonds. The van der Waals surface area contributed by atoms with Crippen molar-refractivity contribution in [2.45, 2.75) is 4.90 Å². The van der Waals surface area contributed by atoms with E-state index < -0.39 is 11.9 Å². The Morgan fingerprint density at radius 3 is 2.75 bits per heavy atom. The van der Waals surface area contributed by atoms with Gasteiger partial charge in [-0.15, -0.1) is 11.8 Å². The Labute approximate surface area is 102 Å². The molecule has 5 N–H and O–H groups in total. The van der Waals surface area contributed by atoms with Crippen LogP contribution in [0.15, 0.2) is 23.1 Å². The fraction of sp³-hybridized carbons (Fsp3) is 0.111. The van der Waals surface area contributed by atoms with E-state index in [9.17, 15) is 9.59 Å². The Hall–Kier alpha value is -1.40. The lowest BCUT2D eigenvalue weighted by Gasteiger charge is -2.04. The Kier molecular flexibility index (Phi) is 4.45. The number of hydrogen-bond donors (Lipinski definition) is 3. The van der Waals surface area contributed by atoms with Crippen molar-refractivity contribution in [2.75, 3.05) is 11.5 Å². The van der Waals surface area contributed by atoms with E-state index >= 15 is 0 Å². The summed E-state index contributed by atoms with van der Waals surface area (Å²) in [7, 11) is 0. The van der Waals surface area contributed by atoms with Crippen LogP contribution in [-0.4, -0.2) is 17.7 Å². The van der Waals surface area contributed by atoms with Crippen LogP contribution < -0.4 is 16.8 Å². The van der Waals surface area contributed by atoms with Crippen LogP contribution in [0.1, 0.15) is 0 Å². The summed E-state index contributed by atoms with van der Waals surface area (Å²) in [5.41, 5.74) is 10.9. The number of carbonyl (C=O) groups is 2. The number of rotatable bonds is 3. The number of primary amides is 1. The van der Waals surface area contributed by atoms with Gasteiger partial charge in [-0.05, 0) is 18.2 Å². The zero-order valence-corrected chi connectivity index (χ0v) is 9.77. The molecule has 0 aliphatic rings. The van der Waals surface area contributed by atoms with Gasteiger partial charge < -0.3 is 11.5 Å². The molecule has 0 radical (unpaired) electrons. The number of anilines is 1. The molecule has 1 aromatic rings. The molecular weight excluding hydrogens is 250 g/mol. The largest absolute Gasteiger partial charge is 0.399 e. The molecule has 0 atom stereocenters. The molecule has 0 fully saturated rings. The van der Waals surface area contributed by atoms with Gasteiger partial charge in [0.2, 0.25) is 5.91 Å². The lowest BCUT2D eigenvalue weighted by Crippen LogP contribution is -2.36. The Bertz CT molecular complexity index is 425. The highest BCUT2D eigenvalue weighted by atomic mass is 35.5. The number of amides is 3. The average Bonchev–Trinajstić information content (AvgIpc) is 2.18. The standard InChI is InChI=1S/C9H10ClN3O2S/c10-6-2-1-5(11)3-7(6)16-4-8(14)13-9(12)15/h1-3H,4,11H2,(H3,12,13,14,15). The molecule has 0 unspecified atom stereocenters. The third-order valence-electron chi connectivity index (χ3n) is 1.58. The lowest BCUT2D eigenvalue weighted by molar-refractivity contribution is -0.117.